The number of phenols is 1. The second-order valence-corrected chi connectivity index (χ2v) is 5.86. The number of urea groups is 1. The molecule has 2 aromatic carbocycles. The minimum atomic E-state index is -0.906. The van der Waals surface area contributed by atoms with Crippen molar-refractivity contribution in [2.24, 2.45) is 0 Å². The van der Waals surface area contributed by atoms with Gasteiger partial charge < -0.3 is 20.8 Å². The lowest BCUT2D eigenvalue weighted by Crippen LogP contribution is -2.39. The highest BCUT2D eigenvalue weighted by atomic mass is 19.1. The van der Waals surface area contributed by atoms with Crippen molar-refractivity contribution in [1.29, 1.82) is 0 Å². The Morgan fingerprint density at radius 2 is 2.00 bits per heavy atom. The van der Waals surface area contributed by atoms with Crippen LogP contribution >= 0.6 is 0 Å². The van der Waals surface area contributed by atoms with Crippen molar-refractivity contribution in [3.63, 3.8) is 0 Å². The van der Waals surface area contributed by atoms with Crippen molar-refractivity contribution < 1.29 is 19.4 Å². The molecule has 3 rings (SSSR count). The van der Waals surface area contributed by atoms with Crippen LogP contribution in [0.4, 0.5) is 9.18 Å². The van der Waals surface area contributed by atoms with Gasteiger partial charge >= 0.3 is 6.03 Å². The molecular weight excluding hydrogens is 311 g/mol. The predicted octanol–water partition coefficient (Wildman–Crippen LogP) is 2.55. The maximum Gasteiger partial charge on any atom is 0.315 e. The molecule has 2 unspecified atom stereocenters. The summed E-state index contributed by atoms with van der Waals surface area (Å²) < 4.78 is 12.9. The summed E-state index contributed by atoms with van der Waals surface area (Å²) in [5, 5.41) is 25.3. The highest BCUT2D eigenvalue weighted by molar-refractivity contribution is 5.74. The van der Waals surface area contributed by atoms with Crippen molar-refractivity contribution >= 4 is 6.03 Å². The van der Waals surface area contributed by atoms with Crippen LogP contribution in [0.5, 0.6) is 5.75 Å². The number of phenolic OH excluding ortho intramolecular Hbond substituents is 1. The largest absolute Gasteiger partial charge is 0.508 e. The summed E-state index contributed by atoms with van der Waals surface area (Å²) >= 11 is 0. The van der Waals surface area contributed by atoms with Gasteiger partial charge in [-0.05, 0) is 47.7 Å². The maximum absolute atomic E-state index is 12.9. The Kier molecular flexibility index (Phi) is 4.66. The van der Waals surface area contributed by atoms with E-state index < -0.39 is 12.1 Å². The van der Waals surface area contributed by atoms with Crippen molar-refractivity contribution in [3.8, 4) is 5.75 Å². The average Bonchev–Trinajstić information content (AvgIpc) is 2.98. The molecule has 0 saturated carbocycles. The zero-order chi connectivity index (χ0) is 17.1. The Balaban J connectivity index is 1.54. The number of rotatable bonds is 4. The van der Waals surface area contributed by atoms with Crippen LogP contribution in [0.3, 0.4) is 0 Å². The minimum absolute atomic E-state index is 0.0249. The summed E-state index contributed by atoms with van der Waals surface area (Å²) in [6.07, 6.45) is 0.530. The van der Waals surface area contributed by atoms with Gasteiger partial charge in [-0.25, -0.2) is 9.18 Å². The van der Waals surface area contributed by atoms with E-state index in [1.807, 2.05) is 6.07 Å². The third-order valence-electron chi connectivity index (χ3n) is 4.26. The molecule has 0 aliphatic heterocycles. The van der Waals surface area contributed by atoms with Gasteiger partial charge in [0.05, 0.1) is 12.1 Å². The van der Waals surface area contributed by atoms with E-state index in [1.54, 1.807) is 12.1 Å². The Bertz CT molecular complexity index is 734. The van der Waals surface area contributed by atoms with E-state index in [0.717, 1.165) is 17.5 Å². The van der Waals surface area contributed by atoms with Crippen LogP contribution in [0.2, 0.25) is 0 Å². The fraction of sp³-hybridized carbons (Fsp3) is 0.278. The second-order valence-electron chi connectivity index (χ2n) is 5.86. The topological polar surface area (TPSA) is 81.6 Å². The molecule has 1 aliphatic rings. The number of carbonyl (C=O) groups excluding carboxylic acids is 1. The maximum atomic E-state index is 12.9. The Morgan fingerprint density at radius 3 is 2.75 bits per heavy atom. The number of fused-ring (bicyclic) bond motifs is 1. The van der Waals surface area contributed by atoms with E-state index in [4.69, 9.17) is 0 Å². The Labute approximate surface area is 139 Å². The SMILES string of the molecule is O=C(NCC(O)c1ccc(F)cc1)NC1CCc2c(O)cccc21. The highest BCUT2D eigenvalue weighted by Crippen LogP contribution is 2.36. The molecule has 6 heteroatoms. The number of aliphatic hydroxyl groups excluding tert-OH is 1. The third-order valence-corrected chi connectivity index (χ3v) is 4.26. The first-order valence-electron chi connectivity index (χ1n) is 7.83. The molecule has 5 nitrogen and oxygen atoms in total. The van der Waals surface area contributed by atoms with Gasteiger partial charge in [0, 0.05) is 6.54 Å². The first kappa shape index (κ1) is 16.3. The number of nitrogens with one attached hydrogen (secondary N) is 2. The van der Waals surface area contributed by atoms with Crippen LogP contribution in [-0.2, 0) is 6.42 Å². The molecule has 0 fully saturated rings. The summed E-state index contributed by atoms with van der Waals surface area (Å²) in [7, 11) is 0. The summed E-state index contributed by atoms with van der Waals surface area (Å²) in [5.74, 6) is -0.122. The van der Waals surface area contributed by atoms with Gasteiger partial charge in [-0.15, -0.1) is 0 Å². The number of amides is 2. The van der Waals surface area contributed by atoms with Crippen LogP contribution in [0, 0.1) is 5.82 Å². The molecule has 0 heterocycles. The smallest absolute Gasteiger partial charge is 0.315 e. The van der Waals surface area contributed by atoms with E-state index in [2.05, 4.69) is 10.6 Å². The number of aromatic hydroxyl groups is 1. The normalized spacial score (nSPS) is 17.2. The summed E-state index contributed by atoms with van der Waals surface area (Å²) in [5.41, 5.74) is 2.33. The zero-order valence-electron chi connectivity index (χ0n) is 13.0. The second kappa shape index (κ2) is 6.88. The molecule has 2 amide bonds. The minimum Gasteiger partial charge on any atom is -0.508 e. The molecule has 0 bridgehead atoms. The lowest BCUT2D eigenvalue weighted by atomic mass is 10.1. The van der Waals surface area contributed by atoms with E-state index >= 15 is 0 Å². The Morgan fingerprint density at radius 1 is 1.25 bits per heavy atom. The number of benzene rings is 2. The van der Waals surface area contributed by atoms with Gasteiger partial charge in [0.1, 0.15) is 11.6 Å². The monoisotopic (exact) mass is 330 g/mol. The fourth-order valence-corrected chi connectivity index (χ4v) is 2.99. The van der Waals surface area contributed by atoms with Gasteiger partial charge in [0.15, 0.2) is 0 Å². The number of aliphatic hydroxyl groups is 1. The van der Waals surface area contributed by atoms with Crippen LogP contribution in [0.25, 0.3) is 0 Å². The molecule has 0 radical (unpaired) electrons. The van der Waals surface area contributed by atoms with Crippen molar-refractivity contribution in [1.82, 2.24) is 10.6 Å². The number of hydrogen-bond acceptors (Lipinski definition) is 3. The van der Waals surface area contributed by atoms with Crippen LogP contribution in [0.1, 0.15) is 35.3 Å². The van der Waals surface area contributed by atoms with Crippen molar-refractivity contribution in [2.45, 2.75) is 25.0 Å². The molecule has 1 aliphatic carbocycles. The highest BCUT2D eigenvalue weighted by Gasteiger charge is 2.25. The van der Waals surface area contributed by atoms with E-state index in [-0.39, 0.29) is 24.2 Å². The molecule has 0 aromatic heterocycles. The number of halogens is 1. The molecule has 24 heavy (non-hydrogen) atoms. The lowest BCUT2D eigenvalue weighted by molar-refractivity contribution is 0.172. The van der Waals surface area contributed by atoms with E-state index in [0.29, 0.717) is 12.0 Å². The third kappa shape index (κ3) is 3.49. The Hall–Kier alpha value is -2.60. The van der Waals surface area contributed by atoms with Crippen LogP contribution in [0.15, 0.2) is 42.5 Å². The van der Waals surface area contributed by atoms with E-state index in [9.17, 15) is 19.4 Å². The summed E-state index contributed by atoms with van der Waals surface area (Å²) in [6, 6.07) is 10.2. The summed E-state index contributed by atoms with van der Waals surface area (Å²) in [4.78, 5) is 12.0. The van der Waals surface area contributed by atoms with Crippen LogP contribution < -0.4 is 10.6 Å². The molecule has 126 valence electrons. The molecule has 2 aromatic rings. The van der Waals surface area contributed by atoms with Gasteiger partial charge in [0.25, 0.3) is 0 Å². The fourth-order valence-electron chi connectivity index (χ4n) is 2.99. The average molecular weight is 330 g/mol. The lowest BCUT2D eigenvalue weighted by Gasteiger charge is -2.17. The van der Waals surface area contributed by atoms with Crippen molar-refractivity contribution in [2.75, 3.05) is 6.54 Å². The van der Waals surface area contributed by atoms with Crippen molar-refractivity contribution in [3.05, 3.63) is 65.0 Å². The number of hydrogen-bond donors (Lipinski definition) is 4. The van der Waals surface area contributed by atoms with E-state index in [1.165, 1.54) is 24.3 Å². The first-order chi connectivity index (χ1) is 11.5. The molecule has 0 saturated heterocycles. The number of carbonyl (C=O) groups is 1. The molecule has 0 spiro atoms. The van der Waals surface area contributed by atoms with Gasteiger partial charge in [-0.1, -0.05) is 24.3 Å². The standard InChI is InChI=1S/C18H19FN2O3/c19-12-6-4-11(5-7-12)17(23)10-20-18(24)21-15-9-8-14-13(15)2-1-3-16(14)22/h1-7,15,17,22-23H,8-10H2,(H2,20,21,24). The first-order valence-corrected chi connectivity index (χ1v) is 7.83. The molecule has 4 N–H and O–H groups in total. The van der Waals surface area contributed by atoms with Crippen LogP contribution in [-0.4, -0.2) is 22.8 Å². The van der Waals surface area contributed by atoms with Gasteiger partial charge in [0.2, 0.25) is 0 Å². The molecule has 2 atom stereocenters. The summed E-state index contributed by atoms with van der Waals surface area (Å²) in [6.45, 7) is 0.0249. The predicted molar refractivity (Wildman–Crippen MR) is 87.1 cm³/mol. The van der Waals surface area contributed by atoms with Gasteiger partial charge in [-0.3, -0.25) is 0 Å². The zero-order valence-corrected chi connectivity index (χ0v) is 13.0. The van der Waals surface area contributed by atoms with Gasteiger partial charge in [-0.2, -0.15) is 0 Å². The molecular formula is C18H19FN2O3. The quantitative estimate of drug-likeness (QED) is 0.695.